The van der Waals surface area contributed by atoms with Crippen molar-refractivity contribution in [1.29, 1.82) is 0 Å². The molecule has 0 aliphatic heterocycles. The van der Waals surface area contributed by atoms with Crippen LogP contribution in [0.4, 0.5) is 0 Å². The van der Waals surface area contributed by atoms with Crippen LogP contribution < -0.4 is 4.74 Å². The van der Waals surface area contributed by atoms with Gasteiger partial charge in [0.1, 0.15) is 5.75 Å². The Labute approximate surface area is 120 Å². The van der Waals surface area contributed by atoms with Gasteiger partial charge in [-0.2, -0.15) is 0 Å². The predicted octanol–water partition coefficient (Wildman–Crippen LogP) is 3.01. The van der Waals surface area contributed by atoms with E-state index >= 15 is 0 Å². The maximum absolute atomic E-state index is 11.6. The highest BCUT2D eigenvalue weighted by atomic mass is 35.5. The van der Waals surface area contributed by atoms with Gasteiger partial charge in [0, 0.05) is 5.02 Å². The summed E-state index contributed by atoms with van der Waals surface area (Å²) >= 11 is 5.80. The zero-order valence-corrected chi connectivity index (χ0v) is 12.3. The Bertz CT molecular complexity index is 381. The quantitative estimate of drug-likeness (QED) is 0.688. The normalized spacial score (nSPS) is 11.9. The number of carbonyl (C=O) groups excluding carboxylic acids is 1. The summed E-state index contributed by atoms with van der Waals surface area (Å²) in [6.45, 7) is 2.61. The van der Waals surface area contributed by atoms with Gasteiger partial charge in [-0.25, -0.2) is 0 Å². The summed E-state index contributed by atoms with van der Waals surface area (Å²) in [5.41, 5.74) is 0. The number of carbonyl (C=O) groups is 1. The maximum atomic E-state index is 11.6. The fourth-order valence-corrected chi connectivity index (χ4v) is 1.97. The van der Waals surface area contributed by atoms with Crippen molar-refractivity contribution in [3.63, 3.8) is 0 Å². The van der Waals surface area contributed by atoms with Crippen LogP contribution in [0.1, 0.15) is 32.6 Å². The van der Waals surface area contributed by atoms with E-state index < -0.39 is 0 Å². The first-order valence-corrected chi connectivity index (χ1v) is 7.01. The van der Waals surface area contributed by atoms with Crippen molar-refractivity contribution >= 4 is 25.6 Å². The molecule has 0 aliphatic carbocycles. The largest absolute Gasteiger partial charge is 0.543 e. The minimum absolute atomic E-state index is 0.0720. The van der Waals surface area contributed by atoms with Gasteiger partial charge in [-0.05, 0) is 37.1 Å². The van der Waals surface area contributed by atoms with Crippen molar-refractivity contribution in [2.24, 2.45) is 5.92 Å². The lowest BCUT2D eigenvalue weighted by Gasteiger charge is -2.15. The topological polar surface area (TPSA) is 35.5 Å². The van der Waals surface area contributed by atoms with E-state index in [0.717, 1.165) is 25.0 Å². The minimum atomic E-state index is -0.145. The smallest absolute Gasteiger partial charge is 0.325 e. The third-order valence-electron chi connectivity index (χ3n) is 2.99. The van der Waals surface area contributed by atoms with Crippen molar-refractivity contribution in [2.75, 3.05) is 6.61 Å². The Morgan fingerprint density at radius 2 is 2.00 bits per heavy atom. The van der Waals surface area contributed by atoms with E-state index in [1.165, 1.54) is 8.05 Å². The first-order chi connectivity index (χ1) is 9.17. The molecule has 0 radical (unpaired) electrons. The molecule has 0 aromatic heterocycles. The molecular formula is C14H20BClO3. The average Bonchev–Trinajstić information content (AvgIpc) is 2.43. The van der Waals surface area contributed by atoms with Crippen LogP contribution in [0.25, 0.3) is 0 Å². The van der Waals surface area contributed by atoms with Gasteiger partial charge in [-0.1, -0.05) is 31.4 Å². The van der Waals surface area contributed by atoms with E-state index in [1.807, 2.05) is 12.1 Å². The summed E-state index contributed by atoms with van der Waals surface area (Å²) in [6, 6.07) is 7.21. The molecule has 0 N–H and O–H groups in total. The van der Waals surface area contributed by atoms with E-state index in [1.54, 1.807) is 12.1 Å². The Kier molecular flexibility index (Phi) is 7.42. The summed E-state index contributed by atoms with van der Waals surface area (Å²) in [6.07, 6.45) is 3.63. The number of halogens is 1. The molecule has 0 bridgehead atoms. The number of benzene rings is 1. The molecule has 0 fully saturated rings. The predicted molar refractivity (Wildman–Crippen MR) is 79.2 cm³/mol. The van der Waals surface area contributed by atoms with Crippen molar-refractivity contribution < 1.29 is 14.2 Å². The molecule has 0 heterocycles. The van der Waals surface area contributed by atoms with Gasteiger partial charge in [0.25, 0.3) is 5.97 Å². The van der Waals surface area contributed by atoms with Gasteiger partial charge in [0.2, 0.25) is 0 Å². The molecule has 0 amide bonds. The number of hydrogen-bond donors (Lipinski definition) is 0. The van der Waals surface area contributed by atoms with E-state index in [9.17, 15) is 4.79 Å². The van der Waals surface area contributed by atoms with E-state index in [2.05, 4.69) is 6.92 Å². The molecule has 1 atom stereocenters. The van der Waals surface area contributed by atoms with Crippen LogP contribution in [0.2, 0.25) is 5.02 Å². The number of unbranched alkanes of at least 4 members (excludes halogenated alkanes) is 1. The summed E-state index contributed by atoms with van der Waals surface area (Å²) < 4.78 is 10.4. The fraction of sp³-hybridized carbons (Fsp3) is 0.500. The van der Waals surface area contributed by atoms with Gasteiger partial charge in [-0.15, -0.1) is 0 Å². The van der Waals surface area contributed by atoms with Crippen molar-refractivity contribution in [3.05, 3.63) is 29.3 Å². The van der Waals surface area contributed by atoms with Crippen LogP contribution in [0.15, 0.2) is 24.3 Å². The van der Waals surface area contributed by atoms with Crippen LogP contribution in [0.3, 0.4) is 0 Å². The number of hydrogen-bond acceptors (Lipinski definition) is 3. The van der Waals surface area contributed by atoms with Crippen LogP contribution in [-0.2, 0) is 9.45 Å². The van der Waals surface area contributed by atoms with Crippen LogP contribution in [0, 0.1) is 5.92 Å². The first-order valence-electron chi connectivity index (χ1n) is 6.63. The second-order valence-electron chi connectivity index (χ2n) is 4.45. The SMILES string of the molecule is BOC(=O)C(CCCC)CCOc1ccc(Cl)cc1. The summed E-state index contributed by atoms with van der Waals surface area (Å²) in [5.74, 6) is 0.550. The second kappa shape index (κ2) is 8.86. The Morgan fingerprint density at radius 3 is 2.58 bits per heavy atom. The van der Waals surface area contributed by atoms with Gasteiger partial charge in [0.05, 0.1) is 12.5 Å². The fourth-order valence-electron chi connectivity index (χ4n) is 1.85. The average molecular weight is 283 g/mol. The third-order valence-corrected chi connectivity index (χ3v) is 3.24. The monoisotopic (exact) mass is 282 g/mol. The van der Waals surface area contributed by atoms with Crippen molar-refractivity contribution in [1.82, 2.24) is 0 Å². The highest BCUT2D eigenvalue weighted by molar-refractivity contribution is 6.30. The summed E-state index contributed by atoms with van der Waals surface area (Å²) in [7, 11) is 1.43. The Hall–Kier alpha value is -1.16. The molecule has 0 saturated heterocycles. The molecular weight excluding hydrogens is 262 g/mol. The van der Waals surface area contributed by atoms with Crippen molar-refractivity contribution in [3.8, 4) is 5.75 Å². The molecule has 1 aromatic carbocycles. The van der Waals surface area contributed by atoms with E-state index in [0.29, 0.717) is 18.1 Å². The molecule has 3 nitrogen and oxygen atoms in total. The zero-order valence-electron chi connectivity index (χ0n) is 11.5. The molecule has 19 heavy (non-hydrogen) atoms. The van der Waals surface area contributed by atoms with Crippen LogP contribution in [-0.4, -0.2) is 20.6 Å². The molecule has 104 valence electrons. The number of rotatable bonds is 8. The lowest BCUT2D eigenvalue weighted by Crippen LogP contribution is -2.19. The highest BCUT2D eigenvalue weighted by Gasteiger charge is 2.17. The third kappa shape index (κ3) is 6.01. The summed E-state index contributed by atoms with van der Waals surface area (Å²) in [4.78, 5) is 11.6. The van der Waals surface area contributed by atoms with Gasteiger partial charge in [-0.3, -0.25) is 4.79 Å². The Balaban J connectivity index is 2.38. The van der Waals surface area contributed by atoms with Gasteiger partial charge in [0.15, 0.2) is 0 Å². The standard InChI is InChI=1S/C14H20BClO3/c1-2-3-4-11(14(17)19-15)9-10-18-13-7-5-12(16)6-8-13/h5-8,11H,2-4,9-10,15H2,1H3. The first kappa shape index (κ1) is 15.9. The van der Waals surface area contributed by atoms with Crippen LogP contribution >= 0.6 is 11.6 Å². The van der Waals surface area contributed by atoms with E-state index in [-0.39, 0.29) is 11.9 Å². The second-order valence-corrected chi connectivity index (χ2v) is 4.89. The van der Waals surface area contributed by atoms with Gasteiger partial charge < -0.3 is 9.39 Å². The molecule has 5 heteroatoms. The Morgan fingerprint density at radius 1 is 1.32 bits per heavy atom. The maximum Gasteiger partial charge on any atom is 0.325 e. The molecule has 0 spiro atoms. The molecule has 1 unspecified atom stereocenters. The van der Waals surface area contributed by atoms with Crippen LogP contribution in [0.5, 0.6) is 5.75 Å². The molecule has 1 rings (SSSR count). The lowest BCUT2D eigenvalue weighted by atomic mass is 9.99. The highest BCUT2D eigenvalue weighted by Crippen LogP contribution is 2.18. The molecule has 0 aliphatic rings. The van der Waals surface area contributed by atoms with Gasteiger partial charge >= 0.3 is 8.05 Å². The number of ether oxygens (including phenoxy) is 1. The van der Waals surface area contributed by atoms with Crippen molar-refractivity contribution in [2.45, 2.75) is 32.6 Å². The van der Waals surface area contributed by atoms with E-state index in [4.69, 9.17) is 21.0 Å². The molecule has 1 aromatic rings. The minimum Gasteiger partial charge on any atom is -0.543 e. The molecule has 0 saturated carbocycles. The summed E-state index contributed by atoms with van der Waals surface area (Å²) in [5, 5.41) is 0.683. The zero-order chi connectivity index (χ0) is 14.1. The lowest BCUT2D eigenvalue weighted by molar-refractivity contribution is -0.139.